The third-order valence-electron chi connectivity index (χ3n) is 4.50. The molecule has 0 radical (unpaired) electrons. The molecule has 0 saturated heterocycles. The Labute approximate surface area is 171 Å². The molecule has 1 aromatic heterocycles. The average Bonchev–Trinajstić information content (AvgIpc) is 3.11. The SMILES string of the molecule is O=C(Nc1ncc(Cc2cc(Cl)ccc2Cl)s1)c1ccc2c(c1)CCNC2. The Morgan fingerprint density at radius 2 is 2.07 bits per heavy atom. The number of anilines is 1. The average molecular weight is 418 g/mol. The molecule has 3 aromatic rings. The van der Waals surface area contributed by atoms with E-state index in [1.807, 2.05) is 24.3 Å². The van der Waals surface area contributed by atoms with Crippen LogP contribution in [0.5, 0.6) is 0 Å². The lowest BCUT2D eigenvalue weighted by molar-refractivity contribution is 0.102. The summed E-state index contributed by atoms with van der Waals surface area (Å²) in [6, 6.07) is 11.3. The van der Waals surface area contributed by atoms with Crippen LogP contribution in [0.15, 0.2) is 42.6 Å². The van der Waals surface area contributed by atoms with Crippen LogP contribution in [0, 0.1) is 0 Å². The highest BCUT2D eigenvalue weighted by molar-refractivity contribution is 7.15. The number of aromatic nitrogens is 1. The van der Waals surface area contributed by atoms with Gasteiger partial charge in [0.2, 0.25) is 0 Å². The number of nitrogens with one attached hydrogen (secondary N) is 2. The third-order valence-corrected chi connectivity index (χ3v) is 6.02. The first-order chi connectivity index (χ1) is 13.1. The van der Waals surface area contributed by atoms with E-state index in [-0.39, 0.29) is 5.91 Å². The highest BCUT2D eigenvalue weighted by Crippen LogP contribution is 2.27. The van der Waals surface area contributed by atoms with Crippen LogP contribution in [0.25, 0.3) is 0 Å². The molecule has 4 nitrogen and oxygen atoms in total. The Morgan fingerprint density at radius 3 is 2.96 bits per heavy atom. The number of rotatable bonds is 4. The first-order valence-electron chi connectivity index (χ1n) is 8.61. The van der Waals surface area contributed by atoms with Gasteiger partial charge in [-0.25, -0.2) is 4.98 Å². The van der Waals surface area contributed by atoms with Crippen molar-refractivity contribution in [2.24, 2.45) is 0 Å². The molecule has 2 heterocycles. The summed E-state index contributed by atoms with van der Waals surface area (Å²) >= 11 is 13.7. The number of amides is 1. The highest BCUT2D eigenvalue weighted by atomic mass is 35.5. The van der Waals surface area contributed by atoms with Crippen LogP contribution in [0.2, 0.25) is 10.0 Å². The summed E-state index contributed by atoms with van der Waals surface area (Å²) in [4.78, 5) is 17.9. The van der Waals surface area contributed by atoms with Gasteiger partial charge in [-0.1, -0.05) is 29.3 Å². The van der Waals surface area contributed by atoms with Crippen LogP contribution < -0.4 is 10.6 Å². The number of benzene rings is 2. The zero-order valence-electron chi connectivity index (χ0n) is 14.4. The molecule has 1 aliphatic rings. The molecule has 0 saturated carbocycles. The van der Waals surface area contributed by atoms with E-state index in [4.69, 9.17) is 23.2 Å². The van der Waals surface area contributed by atoms with E-state index in [1.165, 1.54) is 22.5 Å². The first-order valence-corrected chi connectivity index (χ1v) is 10.2. The Hall–Kier alpha value is -1.92. The Bertz CT molecular complexity index is 1000. The lowest BCUT2D eigenvalue weighted by Gasteiger charge is -2.17. The normalized spacial score (nSPS) is 13.3. The second-order valence-electron chi connectivity index (χ2n) is 6.41. The number of hydrogen-bond acceptors (Lipinski definition) is 4. The topological polar surface area (TPSA) is 54.0 Å². The number of carbonyl (C=O) groups excluding carboxylic acids is 1. The van der Waals surface area contributed by atoms with E-state index in [9.17, 15) is 4.79 Å². The predicted octanol–water partition coefficient (Wildman–Crippen LogP) is 4.94. The minimum Gasteiger partial charge on any atom is -0.312 e. The van der Waals surface area contributed by atoms with Crippen molar-refractivity contribution < 1.29 is 4.79 Å². The lowest BCUT2D eigenvalue weighted by Crippen LogP contribution is -2.24. The molecule has 7 heteroatoms. The Morgan fingerprint density at radius 1 is 1.19 bits per heavy atom. The van der Waals surface area contributed by atoms with Gasteiger partial charge in [0, 0.05) is 39.6 Å². The number of halogens is 2. The first kappa shape index (κ1) is 18.4. The van der Waals surface area contributed by atoms with Crippen molar-refractivity contribution in [3.8, 4) is 0 Å². The Balaban J connectivity index is 1.46. The van der Waals surface area contributed by atoms with Crippen molar-refractivity contribution in [2.45, 2.75) is 19.4 Å². The molecule has 0 unspecified atom stereocenters. The van der Waals surface area contributed by atoms with Crippen LogP contribution in [-0.2, 0) is 19.4 Å². The summed E-state index contributed by atoms with van der Waals surface area (Å²) in [6.45, 7) is 1.80. The summed E-state index contributed by atoms with van der Waals surface area (Å²) in [7, 11) is 0. The van der Waals surface area contributed by atoms with Crippen LogP contribution >= 0.6 is 34.5 Å². The van der Waals surface area contributed by atoms with Gasteiger partial charge in [-0.05, 0) is 60.0 Å². The van der Waals surface area contributed by atoms with Crippen LogP contribution in [0.3, 0.4) is 0 Å². The molecule has 0 bridgehead atoms. The minimum absolute atomic E-state index is 0.141. The molecular formula is C20H17Cl2N3OS. The molecular weight excluding hydrogens is 401 g/mol. The maximum absolute atomic E-state index is 12.6. The molecule has 1 amide bonds. The molecule has 27 heavy (non-hydrogen) atoms. The standard InChI is InChI=1S/C20H17Cl2N3OS/c21-16-3-4-18(22)15(8-16)9-17-11-24-20(27-17)25-19(26)13-1-2-14-10-23-6-5-12(14)7-13/h1-4,7-8,11,23H,5-6,9-10H2,(H,24,25,26). The van der Waals surface area contributed by atoms with Crippen molar-refractivity contribution in [1.29, 1.82) is 0 Å². The molecule has 0 atom stereocenters. The zero-order chi connectivity index (χ0) is 18.8. The van der Waals surface area contributed by atoms with Gasteiger partial charge in [-0.3, -0.25) is 10.1 Å². The monoisotopic (exact) mass is 417 g/mol. The largest absolute Gasteiger partial charge is 0.312 e. The van der Waals surface area contributed by atoms with Crippen LogP contribution in [0.1, 0.15) is 31.9 Å². The molecule has 2 N–H and O–H groups in total. The van der Waals surface area contributed by atoms with E-state index in [2.05, 4.69) is 15.6 Å². The fraction of sp³-hybridized carbons (Fsp3) is 0.200. The van der Waals surface area contributed by atoms with E-state index in [0.29, 0.717) is 27.2 Å². The number of thiazole rings is 1. The lowest BCUT2D eigenvalue weighted by atomic mass is 9.98. The van der Waals surface area contributed by atoms with Gasteiger partial charge < -0.3 is 5.32 Å². The number of carbonyl (C=O) groups is 1. The van der Waals surface area contributed by atoms with E-state index in [1.54, 1.807) is 18.3 Å². The van der Waals surface area contributed by atoms with E-state index in [0.717, 1.165) is 30.0 Å². The zero-order valence-corrected chi connectivity index (χ0v) is 16.7. The summed E-state index contributed by atoms with van der Waals surface area (Å²) in [5.41, 5.74) is 4.09. The van der Waals surface area contributed by atoms with Crippen molar-refractivity contribution in [2.75, 3.05) is 11.9 Å². The van der Waals surface area contributed by atoms with E-state index < -0.39 is 0 Å². The van der Waals surface area contributed by atoms with Gasteiger partial charge in [-0.15, -0.1) is 11.3 Å². The van der Waals surface area contributed by atoms with Crippen LogP contribution in [0.4, 0.5) is 5.13 Å². The third kappa shape index (κ3) is 4.33. The smallest absolute Gasteiger partial charge is 0.257 e. The molecule has 0 spiro atoms. The predicted molar refractivity (Wildman–Crippen MR) is 111 cm³/mol. The highest BCUT2D eigenvalue weighted by Gasteiger charge is 2.14. The van der Waals surface area contributed by atoms with Gasteiger partial charge in [0.25, 0.3) is 5.91 Å². The number of fused-ring (bicyclic) bond motifs is 1. The Kier molecular flexibility index (Phi) is 5.45. The summed E-state index contributed by atoms with van der Waals surface area (Å²) in [5.74, 6) is -0.141. The molecule has 0 aliphatic carbocycles. The van der Waals surface area contributed by atoms with Crippen molar-refractivity contribution in [3.63, 3.8) is 0 Å². The van der Waals surface area contributed by atoms with Crippen LogP contribution in [-0.4, -0.2) is 17.4 Å². The number of hydrogen-bond donors (Lipinski definition) is 2. The van der Waals surface area contributed by atoms with Gasteiger partial charge >= 0.3 is 0 Å². The summed E-state index contributed by atoms with van der Waals surface area (Å²) in [6.07, 6.45) is 3.33. The van der Waals surface area contributed by atoms with Gasteiger partial charge in [-0.2, -0.15) is 0 Å². The molecule has 0 fully saturated rings. The number of nitrogens with zero attached hydrogens (tertiary/aromatic N) is 1. The van der Waals surface area contributed by atoms with Gasteiger partial charge in [0.15, 0.2) is 5.13 Å². The molecule has 4 rings (SSSR count). The minimum atomic E-state index is -0.141. The summed E-state index contributed by atoms with van der Waals surface area (Å²) in [5, 5.41) is 8.12. The quantitative estimate of drug-likeness (QED) is 0.631. The molecule has 138 valence electrons. The fourth-order valence-electron chi connectivity index (χ4n) is 3.10. The van der Waals surface area contributed by atoms with Crippen molar-refractivity contribution in [3.05, 3.63) is 79.8 Å². The second kappa shape index (κ2) is 7.98. The second-order valence-corrected chi connectivity index (χ2v) is 8.37. The van der Waals surface area contributed by atoms with Crippen molar-refractivity contribution >= 4 is 45.6 Å². The summed E-state index contributed by atoms with van der Waals surface area (Å²) < 4.78 is 0. The van der Waals surface area contributed by atoms with Gasteiger partial charge in [0.05, 0.1) is 0 Å². The molecule has 2 aromatic carbocycles. The van der Waals surface area contributed by atoms with Crippen molar-refractivity contribution in [1.82, 2.24) is 10.3 Å². The van der Waals surface area contributed by atoms with Gasteiger partial charge in [0.1, 0.15) is 0 Å². The van der Waals surface area contributed by atoms with E-state index >= 15 is 0 Å². The molecule has 1 aliphatic heterocycles. The maximum Gasteiger partial charge on any atom is 0.257 e. The fourth-order valence-corrected chi connectivity index (χ4v) is 4.31. The maximum atomic E-state index is 12.6.